The maximum absolute atomic E-state index is 12.6. The molecule has 164 valence electrons. The quantitative estimate of drug-likeness (QED) is 0.401. The maximum atomic E-state index is 12.6. The monoisotopic (exact) mass is 448 g/mol. The number of aromatic nitrogens is 3. The van der Waals surface area contributed by atoms with Crippen molar-refractivity contribution in [1.82, 2.24) is 14.5 Å². The Balaban J connectivity index is 1.43. The van der Waals surface area contributed by atoms with Crippen LogP contribution in [0.25, 0.3) is 32.4 Å². The topological polar surface area (TPSA) is 86.1 Å². The van der Waals surface area contributed by atoms with E-state index in [-0.39, 0.29) is 17.9 Å². The van der Waals surface area contributed by atoms with Crippen LogP contribution < -0.4 is 5.32 Å². The molecular formula is C24H24N4O3S. The number of benzene rings is 1. The molecule has 1 aliphatic carbocycles. The summed E-state index contributed by atoms with van der Waals surface area (Å²) in [6.07, 6.45) is 6.68. The normalized spacial score (nSPS) is 14.6. The molecule has 3 aromatic heterocycles. The SMILES string of the molecule is CCCC(C)OC(=O)n1ccc2ncc(-c3ccc4nc(NC(=O)C5CC5)sc4c3)cc21. The van der Waals surface area contributed by atoms with Gasteiger partial charge in [0.1, 0.15) is 6.10 Å². The molecule has 0 radical (unpaired) electrons. The van der Waals surface area contributed by atoms with Crippen molar-refractivity contribution in [2.45, 2.75) is 45.6 Å². The summed E-state index contributed by atoms with van der Waals surface area (Å²) in [6, 6.07) is 9.72. The van der Waals surface area contributed by atoms with E-state index in [4.69, 9.17) is 4.74 Å². The first-order chi connectivity index (χ1) is 15.5. The van der Waals surface area contributed by atoms with Crippen molar-refractivity contribution < 1.29 is 14.3 Å². The molecule has 0 aliphatic heterocycles. The van der Waals surface area contributed by atoms with Gasteiger partial charge in [-0.15, -0.1) is 0 Å². The molecule has 32 heavy (non-hydrogen) atoms. The molecule has 5 rings (SSSR count). The van der Waals surface area contributed by atoms with Crippen molar-refractivity contribution in [3.8, 4) is 11.1 Å². The van der Waals surface area contributed by atoms with Gasteiger partial charge in [0.25, 0.3) is 0 Å². The molecule has 1 amide bonds. The fraction of sp³-hybridized carbons (Fsp3) is 0.333. The van der Waals surface area contributed by atoms with Gasteiger partial charge in [0.15, 0.2) is 5.13 Å². The Kier molecular flexibility index (Phi) is 5.38. The molecule has 0 bridgehead atoms. The van der Waals surface area contributed by atoms with Gasteiger partial charge in [0.2, 0.25) is 5.91 Å². The summed E-state index contributed by atoms with van der Waals surface area (Å²) in [5.41, 5.74) is 4.15. The first kappa shape index (κ1) is 20.6. The Bertz CT molecular complexity index is 1320. The number of hydrogen-bond acceptors (Lipinski definition) is 6. The number of nitrogens with zero attached hydrogens (tertiary/aromatic N) is 3. The number of pyridine rings is 1. The van der Waals surface area contributed by atoms with E-state index in [9.17, 15) is 9.59 Å². The van der Waals surface area contributed by atoms with Crippen LogP contribution in [-0.4, -0.2) is 32.6 Å². The molecule has 7 nitrogen and oxygen atoms in total. The van der Waals surface area contributed by atoms with Crippen molar-refractivity contribution in [2.24, 2.45) is 5.92 Å². The molecule has 1 unspecified atom stereocenters. The number of nitrogens with one attached hydrogen (secondary N) is 1. The average Bonchev–Trinajstić information content (AvgIpc) is 3.42. The number of anilines is 1. The smallest absolute Gasteiger partial charge is 0.418 e. The van der Waals surface area contributed by atoms with Crippen molar-refractivity contribution in [3.05, 3.63) is 42.7 Å². The molecule has 0 saturated heterocycles. The molecule has 1 atom stereocenters. The summed E-state index contributed by atoms with van der Waals surface area (Å²) < 4.78 is 8.05. The van der Waals surface area contributed by atoms with Crippen molar-refractivity contribution in [2.75, 3.05) is 5.32 Å². The molecule has 4 aromatic rings. The summed E-state index contributed by atoms with van der Waals surface area (Å²) >= 11 is 1.46. The zero-order valence-electron chi connectivity index (χ0n) is 18.0. The van der Waals surface area contributed by atoms with Gasteiger partial charge in [0.05, 0.1) is 21.3 Å². The second kappa shape index (κ2) is 8.35. The van der Waals surface area contributed by atoms with E-state index in [0.717, 1.165) is 52.5 Å². The van der Waals surface area contributed by atoms with E-state index in [1.54, 1.807) is 12.4 Å². The lowest BCUT2D eigenvalue weighted by atomic mass is 10.1. The predicted molar refractivity (Wildman–Crippen MR) is 126 cm³/mol. The molecule has 8 heteroatoms. The third-order valence-corrected chi connectivity index (χ3v) is 6.57. The van der Waals surface area contributed by atoms with E-state index in [0.29, 0.717) is 10.6 Å². The van der Waals surface area contributed by atoms with Crippen molar-refractivity contribution >= 4 is 49.7 Å². The zero-order chi connectivity index (χ0) is 22.2. The van der Waals surface area contributed by atoms with Gasteiger partial charge in [-0.25, -0.2) is 9.78 Å². The molecule has 3 heterocycles. The van der Waals surface area contributed by atoms with Gasteiger partial charge in [0, 0.05) is 23.9 Å². The van der Waals surface area contributed by atoms with Gasteiger partial charge in [-0.05, 0) is 56.0 Å². The lowest BCUT2D eigenvalue weighted by Crippen LogP contribution is -2.19. The Morgan fingerprint density at radius 3 is 2.84 bits per heavy atom. The Morgan fingerprint density at radius 2 is 2.06 bits per heavy atom. The van der Waals surface area contributed by atoms with E-state index in [1.807, 2.05) is 37.3 Å². The highest BCUT2D eigenvalue weighted by molar-refractivity contribution is 7.22. The summed E-state index contributed by atoms with van der Waals surface area (Å²) in [4.78, 5) is 33.7. The predicted octanol–water partition coefficient (Wildman–Crippen LogP) is 5.83. The van der Waals surface area contributed by atoms with Crippen molar-refractivity contribution in [3.63, 3.8) is 0 Å². The zero-order valence-corrected chi connectivity index (χ0v) is 18.8. The van der Waals surface area contributed by atoms with Gasteiger partial charge >= 0.3 is 6.09 Å². The van der Waals surface area contributed by atoms with E-state index >= 15 is 0 Å². The van der Waals surface area contributed by atoms with Crippen LogP contribution in [0, 0.1) is 5.92 Å². The first-order valence-electron chi connectivity index (χ1n) is 10.9. The summed E-state index contributed by atoms with van der Waals surface area (Å²) in [6.45, 7) is 3.97. The second-order valence-corrected chi connectivity index (χ2v) is 9.29. The summed E-state index contributed by atoms with van der Waals surface area (Å²) in [5, 5.41) is 3.54. The van der Waals surface area contributed by atoms with Crippen molar-refractivity contribution in [1.29, 1.82) is 0 Å². The number of fused-ring (bicyclic) bond motifs is 2. The van der Waals surface area contributed by atoms with Crippen LogP contribution in [-0.2, 0) is 9.53 Å². The van der Waals surface area contributed by atoms with Crippen LogP contribution >= 0.6 is 11.3 Å². The van der Waals surface area contributed by atoms with Crippen LogP contribution in [0.15, 0.2) is 42.7 Å². The van der Waals surface area contributed by atoms with Crippen LogP contribution in [0.1, 0.15) is 39.5 Å². The third kappa shape index (κ3) is 4.10. The van der Waals surface area contributed by atoms with Gasteiger partial charge in [-0.1, -0.05) is 30.7 Å². The highest BCUT2D eigenvalue weighted by Crippen LogP contribution is 2.34. The van der Waals surface area contributed by atoms with Crippen LogP contribution in [0.4, 0.5) is 9.93 Å². The number of thiazole rings is 1. The minimum absolute atomic E-state index is 0.0554. The fourth-order valence-corrected chi connectivity index (χ4v) is 4.64. The van der Waals surface area contributed by atoms with E-state index in [2.05, 4.69) is 22.2 Å². The Labute approximate surface area is 189 Å². The fourth-order valence-electron chi connectivity index (χ4n) is 3.73. The van der Waals surface area contributed by atoms with E-state index < -0.39 is 6.09 Å². The molecule has 1 fully saturated rings. The maximum Gasteiger partial charge on any atom is 0.418 e. The number of carbonyl (C=O) groups is 2. The van der Waals surface area contributed by atoms with Crippen LogP contribution in [0.5, 0.6) is 0 Å². The number of hydrogen-bond donors (Lipinski definition) is 1. The molecule has 1 saturated carbocycles. The summed E-state index contributed by atoms with van der Waals surface area (Å²) in [7, 11) is 0. The molecule has 1 aliphatic rings. The van der Waals surface area contributed by atoms with Gasteiger partial charge in [-0.3, -0.25) is 14.3 Å². The number of carbonyl (C=O) groups excluding carboxylic acids is 2. The largest absolute Gasteiger partial charge is 0.446 e. The van der Waals surface area contributed by atoms with Crippen LogP contribution in [0.2, 0.25) is 0 Å². The molecule has 1 aromatic carbocycles. The first-order valence-corrected chi connectivity index (χ1v) is 11.7. The van der Waals surface area contributed by atoms with Gasteiger partial charge < -0.3 is 10.1 Å². The van der Waals surface area contributed by atoms with Gasteiger partial charge in [-0.2, -0.15) is 0 Å². The molecular weight excluding hydrogens is 424 g/mol. The van der Waals surface area contributed by atoms with Crippen LogP contribution in [0.3, 0.4) is 0 Å². The number of amides is 1. The average molecular weight is 449 g/mol. The highest BCUT2D eigenvalue weighted by atomic mass is 32.1. The number of rotatable bonds is 6. The lowest BCUT2D eigenvalue weighted by molar-refractivity contribution is -0.117. The standard InChI is InChI=1S/C24H24N4O3S/c1-3-4-14(2)31-24(30)28-10-9-18-20(28)11-17(13-25-18)16-7-8-19-21(12-16)32-23(26-19)27-22(29)15-5-6-15/h7-15H,3-6H2,1-2H3,(H,26,27,29). The van der Waals surface area contributed by atoms with E-state index in [1.165, 1.54) is 15.9 Å². The molecule has 1 N–H and O–H groups in total. The second-order valence-electron chi connectivity index (χ2n) is 8.26. The minimum atomic E-state index is -0.395. The summed E-state index contributed by atoms with van der Waals surface area (Å²) in [5.74, 6) is 0.197. The highest BCUT2D eigenvalue weighted by Gasteiger charge is 2.30. The minimum Gasteiger partial charge on any atom is -0.446 e. The Hall–Kier alpha value is -3.26. The molecule has 0 spiro atoms. The number of ether oxygens (including phenoxy) is 1. The third-order valence-electron chi connectivity index (χ3n) is 5.63. The lowest BCUT2D eigenvalue weighted by Gasteiger charge is -2.13. The Morgan fingerprint density at radius 1 is 1.22 bits per heavy atom.